The van der Waals surface area contributed by atoms with Crippen LogP contribution in [0.15, 0.2) is 23.3 Å². The molecule has 0 aliphatic heterocycles. The highest BCUT2D eigenvalue weighted by atomic mass is 16.1. The largest absolute Gasteiger partial charge is 0.293 e. The Labute approximate surface area is 90.2 Å². The third kappa shape index (κ3) is 2.91. The smallest absolute Gasteiger partial charge is 0.175 e. The van der Waals surface area contributed by atoms with Crippen molar-refractivity contribution in [3.8, 4) is 0 Å². The molecule has 15 heavy (non-hydrogen) atoms. The van der Waals surface area contributed by atoms with Crippen LogP contribution in [0, 0.1) is 13.8 Å². The predicted molar refractivity (Wildman–Crippen MR) is 63.3 cm³/mol. The molecule has 0 heterocycles. The van der Waals surface area contributed by atoms with Crippen LogP contribution in [0.3, 0.4) is 0 Å². The van der Waals surface area contributed by atoms with E-state index in [1.54, 1.807) is 6.92 Å². The van der Waals surface area contributed by atoms with Gasteiger partial charge in [0.15, 0.2) is 5.78 Å². The van der Waals surface area contributed by atoms with E-state index < -0.39 is 0 Å². The number of anilines is 1. The van der Waals surface area contributed by atoms with E-state index >= 15 is 0 Å². The van der Waals surface area contributed by atoms with Gasteiger partial charge in [0.1, 0.15) is 5.71 Å². The number of carbonyl (C=O) groups excluding carboxylic acids is 1. The van der Waals surface area contributed by atoms with E-state index in [9.17, 15) is 4.79 Å². The molecule has 0 aliphatic rings. The summed E-state index contributed by atoms with van der Waals surface area (Å²) in [6.07, 6.45) is 0. The van der Waals surface area contributed by atoms with Crippen LogP contribution in [0.4, 0.5) is 5.69 Å². The van der Waals surface area contributed by atoms with Gasteiger partial charge in [0.05, 0.1) is 5.69 Å². The minimum atomic E-state index is -0.0197. The summed E-state index contributed by atoms with van der Waals surface area (Å²) >= 11 is 0. The maximum atomic E-state index is 11.0. The molecular weight excluding hydrogens is 188 g/mol. The highest BCUT2D eigenvalue weighted by molar-refractivity contribution is 6.38. The van der Waals surface area contributed by atoms with Crippen LogP contribution in [0.2, 0.25) is 0 Å². The molecule has 0 fully saturated rings. The SMILES string of the molecule is CC(=O)/C(C)=N/Nc1c(C)cccc1C. The summed E-state index contributed by atoms with van der Waals surface area (Å²) in [4.78, 5) is 11.0. The van der Waals surface area contributed by atoms with Crippen LogP contribution < -0.4 is 5.43 Å². The fraction of sp³-hybridized carbons (Fsp3) is 0.333. The first-order chi connectivity index (χ1) is 7.02. The molecule has 0 aliphatic carbocycles. The highest BCUT2D eigenvalue weighted by Gasteiger charge is 2.01. The van der Waals surface area contributed by atoms with E-state index in [0.717, 1.165) is 16.8 Å². The maximum Gasteiger partial charge on any atom is 0.175 e. The minimum Gasteiger partial charge on any atom is -0.293 e. The molecule has 1 rings (SSSR count). The summed E-state index contributed by atoms with van der Waals surface area (Å²) in [7, 11) is 0. The van der Waals surface area contributed by atoms with Crippen molar-refractivity contribution in [1.82, 2.24) is 0 Å². The quantitative estimate of drug-likeness (QED) is 0.607. The summed E-state index contributed by atoms with van der Waals surface area (Å²) in [5.74, 6) is -0.0197. The van der Waals surface area contributed by atoms with Gasteiger partial charge in [-0.15, -0.1) is 0 Å². The van der Waals surface area contributed by atoms with Crippen molar-refractivity contribution < 1.29 is 4.79 Å². The molecule has 0 radical (unpaired) electrons. The lowest BCUT2D eigenvalue weighted by atomic mass is 10.1. The third-order valence-electron chi connectivity index (χ3n) is 2.33. The molecular formula is C12H16N2O. The summed E-state index contributed by atoms with van der Waals surface area (Å²) in [5.41, 5.74) is 6.62. The van der Waals surface area contributed by atoms with Crippen molar-refractivity contribution in [2.24, 2.45) is 5.10 Å². The van der Waals surface area contributed by atoms with Gasteiger partial charge < -0.3 is 0 Å². The van der Waals surface area contributed by atoms with Crippen LogP contribution >= 0.6 is 0 Å². The molecule has 1 N–H and O–H groups in total. The Morgan fingerprint density at radius 1 is 1.20 bits per heavy atom. The zero-order valence-corrected chi connectivity index (χ0v) is 9.59. The van der Waals surface area contributed by atoms with Crippen molar-refractivity contribution in [3.63, 3.8) is 0 Å². The molecule has 80 valence electrons. The fourth-order valence-corrected chi connectivity index (χ4v) is 1.21. The Morgan fingerprint density at radius 2 is 1.73 bits per heavy atom. The van der Waals surface area contributed by atoms with E-state index in [-0.39, 0.29) is 5.78 Å². The number of Topliss-reactive ketones (excluding diaryl/α,β-unsaturated/α-hetero) is 1. The number of hydrogen-bond donors (Lipinski definition) is 1. The summed E-state index contributed by atoms with van der Waals surface area (Å²) < 4.78 is 0. The third-order valence-corrected chi connectivity index (χ3v) is 2.33. The van der Waals surface area contributed by atoms with Crippen LogP contribution in [0.1, 0.15) is 25.0 Å². The molecule has 0 unspecified atom stereocenters. The van der Waals surface area contributed by atoms with E-state index in [0.29, 0.717) is 5.71 Å². The predicted octanol–water partition coefficient (Wildman–Crippen LogP) is 2.68. The topological polar surface area (TPSA) is 41.5 Å². The Morgan fingerprint density at radius 3 is 2.20 bits per heavy atom. The number of ketones is 1. The van der Waals surface area contributed by atoms with Crippen molar-refractivity contribution >= 4 is 17.2 Å². The molecule has 0 amide bonds. The molecule has 0 spiro atoms. The number of benzene rings is 1. The lowest BCUT2D eigenvalue weighted by molar-refractivity contribution is -0.111. The van der Waals surface area contributed by atoms with Gasteiger partial charge in [-0.25, -0.2) is 0 Å². The minimum absolute atomic E-state index is 0.0197. The number of nitrogens with one attached hydrogen (secondary N) is 1. The molecule has 0 saturated heterocycles. The van der Waals surface area contributed by atoms with Gasteiger partial charge in [0, 0.05) is 6.92 Å². The number of nitrogens with zero attached hydrogens (tertiary/aromatic N) is 1. The maximum absolute atomic E-state index is 11.0. The number of aryl methyl sites for hydroxylation is 2. The Bertz CT molecular complexity index is 388. The molecule has 0 atom stereocenters. The fourth-order valence-electron chi connectivity index (χ4n) is 1.21. The first kappa shape index (κ1) is 11.4. The number of para-hydroxylation sites is 1. The van der Waals surface area contributed by atoms with Gasteiger partial charge in [0.25, 0.3) is 0 Å². The number of hydrogen-bond acceptors (Lipinski definition) is 3. The van der Waals surface area contributed by atoms with Gasteiger partial charge in [-0.05, 0) is 31.9 Å². The zero-order chi connectivity index (χ0) is 11.4. The van der Waals surface area contributed by atoms with E-state index in [1.807, 2.05) is 32.0 Å². The van der Waals surface area contributed by atoms with Crippen LogP contribution in [0.25, 0.3) is 0 Å². The monoisotopic (exact) mass is 204 g/mol. The van der Waals surface area contributed by atoms with Gasteiger partial charge >= 0.3 is 0 Å². The lowest BCUT2D eigenvalue weighted by Gasteiger charge is -2.08. The number of carbonyl (C=O) groups is 1. The molecule has 0 bridgehead atoms. The number of rotatable bonds is 3. The normalized spacial score (nSPS) is 11.3. The van der Waals surface area contributed by atoms with Gasteiger partial charge in [-0.1, -0.05) is 18.2 Å². The van der Waals surface area contributed by atoms with Crippen LogP contribution in [-0.2, 0) is 4.79 Å². The number of hydrazone groups is 1. The molecule has 1 aromatic rings. The summed E-state index contributed by atoms with van der Waals surface area (Å²) in [6, 6.07) is 6.01. The summed E-state index contributed by atoms with van der Waals surface area (Å²) in [5, 5.41) is 4.03. The Hall–Kier alpha value is -1.64. The van der Waals surface area contributed by atoms with Crippen molar-refractivity contribution in [3.05, 3.63) is 29.3 Å². The average Bonchev–Trinajstić information content (AvgIpc) is 2.16. The standard InChI is InChI=1S/C12H16N2O/c1-8-6-5-7-9(2)12(8)14-13-10(3)11(4)15/h5-7,14H,1-4H3/b13-10+. The van der Waals surface area contributed by atoms with E-state index in [1.165, 1.54) is 6.92 Å². The van der Waals surface area contributed by atoms with E-state index in [4.69, 9.17) is 0 Å². The molecule has 0 aromatic heterocycles. The Balaban J connectivity index is 2.91. The van der Waals surface area contributed by atoms with Crippen molar-refractivity contribution in [2.75, 3.05) is 5.43 Å². The second-order valence-corrected chi connectivity index (χ2v) is 3.63. The second-order valence-electron chi connectivity index (χ2n) is 3.63. The van der Waals surface area contributed by atoms with Crippen molar-refractivity contribution in [1.29, 1.82) is 0 Å². The first-order valence-corrected chi connectivity index (χ1v) is 4.90. The second kappa shape index (κ2) is 4.73. The van der Waals surface area contributed by atoms with E-state index in [2.05, 4.69) is 10.5 Å². The molecule has 1 aromatic carbocycles. The summed E-state index contributed by atoms with van der Waals surface area (Å²) in [6.45, 7) is 7.22. The zero-order valence-electron chi connectivity index (χ0n) is 9.59. The highest BCUT2D eigenvalue weighted by Crippen LogP contribution is 2.19. The van der Waals surface area contributed by atoms with Crippen molar-refractivity contribution in [2.45, 2.75) is 27.7 Å². The lowest BCUT2D eigenvalue weighted by Crippen LogP contribution is -2.08. The molecule has 3 heteroatoms. The first-order valence-electron chi connectivity index (χ1n) is 4.90. The average molecular weight is 204 g/mol. The van der Waals surface area contributed by atoms with Crippen LogP contribution in [0.5, 0.6) is 0 Å². The molecule has 3 nitrogen and oxygen atoms in total. The van der Waals surface area contributed by atoms with Gasteiger partial charge in [0.2, 0.25) is 0 Å². The van der Waals surface area contributed by atoms with Gasteiger partial charge in [-0.2, -0.15) is 5.10 Å². The Kier molecular flexibility index (Phi) is 3.61. The van der Waals surface area contributed by atoms with Crippen LogP contribution in [-0.4, -0.2) is 11.5 Å². The molecule has 0 saturated carbocycles. The van der Waals surface area contributed by atoms with Gasteiger partial charge in [-0.3, -0.25) is 10.2 Å².